The molecule has 5 nitrogen and oxygen atoms in total. The van der Waals surface area contributed by atoms with E-state index in [-0.39, 0.29) is 18.1 Å². The molecule has 0 aliphatic carbocycles. The third-order valence-electron chi connectivity index (χ3n) is 5.42. The summed E-state index contributed by atoms with van der Waals surface area (Å²) in [6.07, 6.45) is 4.44. The number of hydrogen-bond donors (Lipinski definition) is 0. The summed E-state index contributed by atoms with van der Waals surface area (Å²) >= 11 is 0. The minimum atomic E-state index is -0.604. The smallest absolute Gasteiger partial charge is 0.410 e. The Bertz CT molecular complexity index is 652. The first-order valence-corrected chi connectivity index (χ1v) is 10.3. The van der Waals surface area contributed by atoms with Crippen molar-refractivity contribution in [3.05, 3.63) is 35.9 Å². The molecule has 2 rings (SSSR count). The normalized spacial score (nSPS) is 22.6. The maximum absolute atomic E-state index is 12.9. The largest absolute Gasteiger partial charge is 0.469 e. The lowest BCUT2D eigenvalue weighted by atomic mass is 9.70. The highest BCUT2D eigenvalue weighted by Crippen LogP contribution is 2.41. The third-order valence-corrected chi connectivity index (χ3v) is 5.42. The van der Waals surface area contributed by atoms with Crippen LogP contribution >= 0.6 is 0 Å². The molecule has 0 N–H and O–H groups in total. The first-order chi connectivity index (χ1) is 13.2. The van der Waals surface area contributed by atoms with E-state index in [9.17, 15) is 9.59 Å². The average Bonchev–Trinajstić information content (AvgIpc) is 2.65. The Morgan fingerprint density at radius 2 is 1.89 bits per heavy atom. The molecular formula is C23H35NO4. The Morgan fingerprint density at radius 3 is 2.46 bits per heavy atom. The third kappa shape index (κ3) is 5.73. The molecular weight excluding hydrogens is 354 g/mol. The van der Waals surface area contributed by atoms with Gasteiger partial charge < -0.3 is 14.4 Å². The molecule has 28 heavy (non-hydrogen) atoms. The monoisotopic (exact) mass is 389 g/mol. The van der Waals surface area contributed by atoms with Gasteiger partial charge >= 0.3 is 12.1 Å². The topological polar surface area (TPSA) is 55.8 Å². The number of ether oxygens (including phenoxy) is 2. The van der Waals surface area contributed by atoms with Crippen molar-refractivity contribution in [1.29, 1.82) is 0 Å². The van der Waals surface area contributed by atoms with E-state index < -0.39 is 11.0 Å². The second kappa shape index (κ2) is 9.44. The predicted molar refractivity (Wildman–Crippen MR) is 110 cm³/mol. The molecule has 0 aromatic heterocycles. The highest BCUT2D eigenvalue weighted by Gasteiger charge is 2.47. The zero-order valence-electron chi connectivity index (χ0n) is 18.0. The van der Waals surface area contributed by atoms with Crippen LogP contribution in [0.1, 0.15) is 65.4 Å². The molecule has 1 fully saturated rings. The van der Waals surface area contributed by atoms with Crippen molar-refractivity contribution in [3.8, 4) is 0 Å². The van der Waals surface area contributed by atoms with Crippen molar-refractivity contribution in [2.75, 3.05) is 13.7 Å². The molecule has 0 bridgehead atoms. The average molecular weight is 390 g/mol. The number of nitrogens with zero attached hydrogens (tertiary/aromatic N) is 1. The predicted octanol–water partition coefficient (Wildman–Crippen LogP) is 4.98. The zero-order valence-corrected chi connectivity index (χ0v) is 18.0. The molecule has 156 valence electrons. The van der Waals surface area contributed by atoms with Crippen LogP contribution in [0.2, 0.25) is 0 Å². The number of carbonyl (C=O) groups excluding carboxylic acids is 2. The van der Waals surface area contributed by atoms with Crippen molar-refractivity contribution in [2.45, 2.75) is 77.9 Å². The van der Waals surface area contributed by atoms with Crippen LogP contribution in [0.25, 0.3) is 0 Å². The number of esters is 1. The van der Waals surface area contributed by atoms with E-state index >= 15 is 0 Å². The van der Waals surface area contributed by atoms with Gasteiger partial charge in [-0.05, 0) is 52.0 Å². The number of hydrogen-bond acceptors (Lipinski definition) is 4. The van der Waals surface area contributed by atoms with Crippen LogP contribution in [0.5, 0.6) is 0 Å². The van der Waals surface area contributed by atoms with Gasteiger partial charge in [-0.2, -0.15) is 0 Å². The Balaban J connectivity index is 2.27. The molecule has 1 aromatic carbocycles. The van der Waals surface area contributed by atoms with Crippen molar-refractivity contribution in [1.82, 2.24) is 4.90 Å². The molecule has 1 aliphatic heterocycles. The second-order valence-corrected chi connectivity index (χ2v) is 8.86. The van der Waals surface area contributed by atoms with Gasteiger partial charge in [0.1, 0.15) is 5.60 Å². The molecule has 0 radical (unpaired) electrons. The summed E-state index contributed by atoms with van der Waals surface area (Å²) in [7, 11) is 1.45. The van der Waals surface area contributed by atoms with Crippen molar-refractivity contribution in [3.63, 3.8) is 0 Å². The number of amides is 1. The number of methoxy groups -OCH3 is 1. The van der Waals surface area contributed by atoms with Crippen molar-refractivity contribution < 1.29 is 19.1 Å². The van der Waals surface area contributed by atoms with E-state index in [0.717, 1.165) is 24.8 Å². The SMILES string of the molecule is CCCCC1CC(Cc2ccccc2)(C(=O)OC)CCN1C(=O)OC(C)(C)C. The van der Waals surface area contributed by atoms with Crippen LogP contribution in [0.3, 0.4) is 0 Å². The van der Waals surface area contributed by atoms with Gasteiger partial charge in [-0.3, -0.25) is 4.79 Å². The van der Waals surface area contributed by atoms with Crippen LogP contribution in [0.15, 0.2) is 30.3 Å². The lowest BCUT2D eigenvalue weighted by molar-refractivity contribution is -0.157. The van der Waals surface area contributed by atoms with Crippen LogP contribution in [-0.2, 0) is 20.7 Å². The van der Waals surface area contributed by atoms with Gasteiger partial charge in [0.05, 0.1) is 12.5 Å². The maximum Gasteiger partial charge on any atom is 0.410 e. The van der Waals surface area contributed by atoms with Gasteiger partial charge in [-0.15, -0.1) is 0 Å². The van der Waals surface area contributed by atoms with E-state index in [2.05, 4.69) is 6.92 Å². The minimum absolute atomic E-state index is 0.0219. The lowest BCUT2D eigenvalue weighted by Crippen LogP contribution is -2.54. The van der Waals surface area contributed by atoms with Crippen LogP contribution in [0, 0.1) is 5.41 Å². The molecule has 2 unspecified atom stereocenters. The Kier molecular flexibility index (Phi) is 7.50. The summed E-state index contributed by atoms with van der Waals surface area (Å²) in [5, 5.41) is 0. The van der Waals surface area contributed by atoms with Crippen molar-refractivity contribution in [2.24, 2.45) is 5.41 Å². The van der Waals surface area contributed by atoms with Gasteiger partial charge in [-0.25, -0.2) is 4.79 Å². The molecule has 1 heterocycles. The number of carbonyl (C=O) groups is 2. The lowest BCUT2D eigenvalue weighted by Gasteiger charge is -2.45. The first kappa shape index (κ1) is 22.3. The highest BCUT2D eigenvalue weighted by molar-refractivity contribution is 5.78. The van der Waals surface area contributed by atoms with Crippen molar-refractivity contribution >= 4 is 12.1 Å². The number of benzene rings is 1. The van der Waals surface area contributed by atoms with E-state index in [1.54, 1.807) is 0 Å². The van der Waals surface area contributed by atoms with Gasteiger partial charge in [0, 0.05) is 12.6 Å². The summed E-state index contributed by atoms with van der Waals surface area (Å²) in [4.78, 5) is 27.5. The minimum Gasteiger partial charge on any atom is -0.469 e. The van der Waals surface area contributed by atoms with Gasteiger partial charge in [0.2, 0.25) is 0 Å². The molecule has 0 saturated carbocycles. The molecule has 1 amide bonds. The maximum atomic E-state index is 12.9. The standard InChI is InChI=1S/C23H35NO4/c1-6-7-13-19-17-23(20(25)27-5,16-18-11-9-8-10-12-18)14-15-24(19)21(26)28-22(2,3)4/h8-12,19H,6-7,13-17H2,1-5H3. The van der Waals surface area contributed by atoms with Gasteiger partial charge in [0.25, 0.3) is 0 Å². The van der Waals surface area contributed by atoms with E-state index in [1.807, 2.05) is 56.0 Å². The van der Waals surface area contributed by atoms with Crippen LogP contribution in [0.4, 0.5) is 4.79 Å². The Morgan fingerprint density at radius 1 is 1.21 bits per heavy atom. The zero-order chi connectivity index (χ0) is 20.8. The van der Waals surface area contributed by atoms with Gasteiger partial charge in [0.15, 0.2) is 0 Å². The summed E-state index contributed by atoms with van der Waals surface area (Å²) in [5.74, 6) is -0.179. The fourth-order valence-corrected chi connectivity index (χ4v) is 4.06. The molecule has 2 atom stereocenters. The number of piperidine rings is 1. The molecule has 0 spiro atoms. The van der Waals surface area contributed by atoms with Gasteiger partial charge in [-0.1, -0.05) is 50.1 Å². The van der Waals surface area contributed by atoms with Crippen LogP contribution < -0.4 is 0 Å². The Hall–Kier alpha value is -2.04. The molecule has 1 aliphatic rings. The van der Waals surface area contributed by atoms with Crippen LogP contribution in [-0.4, -0.2) is 42.3 Å². The fraction of sp³-hybridized carbons (Fsp3) is 0.652. The summed E-state index contributed by atoms with van der Waals surface area (Å²) in [6.45, 7) is 8.28. The van der Waals surface area contributed by atoms with E-state index in [4.69, 9.17) is 9.47 Å². The second-order valence-electron chi connectivity index (χ2n) is 8.86. The quantitative estimate of drug-likeness (QED) is 0.644. The molecule has 5 heteroatoms. The Labute approximate surface area is 169 Å². The number of likely N-dealkylation sites (tertiary alicyclic amines) is 1. The molecule has 1 aromatic rings. The fourth-order valence-electron chi connectivity index (χ4n) is 4.06. The molecule has 1 saturated heterocycles. The highest BCUT2D eigenvalue weighted by atomic mass is 16.6. The number of rotatable bonds is 6. The summed E-state index contributed by atoms with van der Waals surface area (Å²) < 4.78 is 10.9. The first-order valence-electron chi connectivity index (χ1n) is 10.3. The number of unbranched alkanes of at least 4 members (excludes halogenated alkanes) is 1. The van der Waals surface area contributed by atoms with E-state index in [0.29, 0.717) is 25.8 Å². The summed E-state index contributed by atoms with van der Waals surface area (Å²) in [6, 6.07) is 10.0. The van der Waals surface area contributed by atoms with E-state index in [1.165, 1.54) is 7.11 Å². The summed E-state index contributed by atoms with van der Waals surface area (Å²) in [5.41, 5.74) is -0.0202.